The van der Waals surface area contributed by atoms with Gasteiger partial charge in [-0.1, -0.05) is 50.6 Å². The highest BCUT2D eigenvalue weighted by Crippen LogP contribution is 2.18. The molecule has 72 valence electrons. The third-order valence-corrected chi connectivity index (χ3v) is 3.12. The van der Waals surface area contributed by atoms with Crippen LogP contribution in [-0.2, 0) is 6.42 Å². The molecule has 0 spiro atoms. The van der Waals surface area contributed by atoms with Gasteiger partial charge in [-0.05, 0) is 17.9 Å². The summed E-state index contributed by atoms with van der Waals surface area (Å²) in [6, 6.07) is 10.4. The van der Waals surface area contributed by atoms with Crippen molar-refractivity contribution < 1.29 is 0 Å². The Morgan fingerprint density at radius 2 is 1.85 bits per heavy atom. The predicted octanol–water partition coefficient (Wildman–Crippen LogP) is 3.88. The van der Waals surface area contributed by atoms with Gasteiger partial charge in [-0.15, -0.1) is 11.6 Å². The van der Waals surface area contributed by atoms with Crippen LogP contribution >= 0.6 is 11.6 Å². The first kappa shape index (κ1) is 10.6. The van der Waals surface area contributed by atoms with Gasteiger partial charge in [-0.3, -0.25) is 0 Å². The lowest BCUT2D eigenvalue weighted by Gasteiger charge is -2.15. The van der Waals surface area contributed by atoms with Gasteiger partial charge < -0.3 is 0 Å². The predicted molar refractivity (Wildman–Crippen MR) is 59.2 cm³/mol. The van der Waals surface area contributed by atoms with Gasteiger partial charge in [0.25, 0.3) is 0 Å². The molecule has 0 aliphatic heterocycles. The van der Waals surface area contributed by atoms with Gasteiger partial charge in [-0.2, -0.15) is 0 Å². The third-order valence-electron chi connectivity index (χ3n) is 2.53. The van der Waals surface area contributed by atoms with Crippen LogP contribution in [0, 0.1) is 5.92 Å². The Balaban J connectivity index is 2.50. The lowest BCUT2D eigenvalue weighted by atomic mass is 9.98. The fourth-order valence-corrected chi connectivity index (χ4v) is 1.65. The monoisotopic (exact) mass is 196 g/mol. The van der Waals surface area contributed by atoms with Crippen LogP contribution in [0.25, 0.3) is 0 Å². The second-order valence-corrected chi connectivity index (χ2v) is 4.15. The minimum atomic E-state index is 0.271. The maximum absolute atomic E-state index is 6.27. The molecule has 0 aromatic heterocycles. The zero-order valence-electron chi connectivity index (χ0n) is 8.33. The standard InChI is InChI=1S/C12H17Cl/c1-3-10(2)12(13)9-11-7-5-4-6-8-11/h4-8,10,12H,3,9H2,1-2H3. The third kappa shape index (κ3) is 3.40. The molecule has 0 bridgehead atoms. The van der Waals surface area contributed by atoms with Crippen LogP contribution in [-0.4, -0.2) is 5.38 Å². The zero-order chi connectivity index (χ0) is 9.68. The molecule has 0 heterocycles. The topological polar surface area (TPSA) is 0 Å². The van der Waals surface area contributed by atoms with Crippen molar-refractivity contribution in [2.75, 3.05) is 0 Å². The number of alkyl halides is 1. The first-order valence-corrected chi connectivity index (χ1v) is 5.35. The summed E-state index contributed by atoms with van der Waals surface area (Å²) >= 11 is 6.27. The fraction of sp³-hybridized carbons (Fsp3) is 0.500. The molecule has 0 saturated carbocycles. The first-order valence-electron chi connectivity index (χ1n) is 4.92. The molecule has 0 saturated heterocycles. The van der Waals surface area contributed by atoms with Crippen molar-refractivity contribution in [2.24, 2.45) is 5.92 Å². The Bertz CT molecular complexity index is 230. The van der Waals surface area contributed by atoms with Crippen LogP contribution in [0.5, 0.6) is 0 Å². The summed E-state index contributed by atoms with van der Waals surface area (Å²) in [5, 5.41) is 0.271. The number of benzene rings is 1. The molecule has 0 N–H and O–H groups in total. The molecular weight excluding hydrogens is 180 g/mol. The van der Waals surface area contributed by atoms with Gasteiger partial charge in [0.2, 0.25) is 0 Å². The molecule has 1 aromatic rings. The minimum Gasteiger partial charge on any atom is -0.122 e. The number of halogens is 1. The summed E-state index contributed by atoms with van der Waals surface area (Å²) in [5.74, 6) is 0.599. The molecule has 0 radical (unpaired) electrons. The van der Waals surface area contributed by atoms with E-state index in [9.17, 15) is 0 Å². The summed E-state index contributed by atoms with van der Waals surface area (Å²) in [4.78, 5) is 0. The molecule has 2 atom stereocenters. The van der Waals surface area contributed by atoms with E-state index in [-0.39, 0.29) is 5.38 Å². The number of rotatable bonds is 4. The zero-order valence-corrected chi connectivity index (χ0v) is 9.09. The molecular formula is C12H17Cl. The Hall–Kier alpha value is -0.490. The van der Waals surface area contributed by atoms with Gasteiger partial charge >= 0.3 is 0 Å². The van der Waals surface area contributed by atoms with Gasteiger partial charge in [0.05, 0.1) is 0 Å². The Kier molecular flexibility index (Phi) is 4.31. The van der Waals surface area contributed by atoms with Gasteiger partial charge in [0.1, 0.15) is 0 Å². The summed E-state index contributed by atoms with van der Waals surface area (Å²) in [5.41, 5.74) is 1.34. The molecule has 2 unspecified atom stereocenters. The summed E-state index contributed by atoms with van der Waals surface area (Å²) in [6.07, 6.45) is 2.14. The molecule has 0 aliphatic carbocycles. The van der Waals surface area contributed by atoms with Crippen LogP contribution in [0.15, 0.2) is 30.3 Å². The van der Waals surface area contributed by atoms with Gasteiger partial charge in [-0.25, -0.2) is 0 Å². The van der Waals surface area contributed by atoms with Crippen molar-refractivity contribution in [3.8, 4) is 0 Å². The molecule has 1 aromatic carbocycles. The smallest absolute Gasteiger partial charge is 0.0401 e. The Morgan fingerprint density at radius 3 is 2.38 bits per heavy atom. The lowest BCUT2D eigenvalue weighted by Crippen LogP contribution is -2.13. The van der Waals surface area contributed by atoms with Crippen molar-refractivity contribution in [1.29, 1.82) is 0 Å². The molecule has 13 heavy (non-hydrogen) atoms. The summed E-state index contributed by atoms with van der Waals surface area (Å²) in [7, 11) is 0. The second kappa shape index (κ2) is 5.29. The van der Waals surface area contributed by atoms with Crippen LogP contribution < -0.4 is 0 Å². The number of hydrogen-bond acceptors (Lipinski definition) is 0. The highest BCUT2D eigenvalue weighted by Gasteiger charge is 2.12. The number of hydrogen-bond donors (Lipinski definition) is 0. The van der Waals surface area contributed by atoms with E-state index < -0.39 is 0 Å². The van der Waals surface area contributed by atoms with E-state index in [0.29, 0.717) is 5.92 Å². The van der Waals surface area contributed by atoms with E-state index in [1.807, 2.05) is 6.07 Å². The van der Waals surface area contributed by atoms with Crippen molar-refractivity contribution in [2.45, 2.75) is 32.1 Å². The van der Waals surface area contributed by atoms with Crippen molar-refractivity contribution in [3.63, 3.8) is 0 Å². The highest BCUT2D eigenvalue weighted by atomic mass is 35.5. The summed E-state index contributed by atoms with van der Waals surface area (Å²) in [6.45, 7) is 4.39. The molecule has 0 aliphatic rings. The highest BCUT2D eigenvalue weighted by molar-refractivity contribution is 6.20. The molecule has 0 amide bonds. The van der Waals surface area contributed by atoms with E-state index in [2.05, 4.69) is 38.1 Å². The van der Waals surface area contributed by atoms with Crippen molar-refractivity contribution >= 4 is 11.6 Å². The second-order valence-electron chi connectivity index (χ2n) is 3.59. The fourth-order valence-electron chi connectivity index (χ4n) is 1.30. The average Bonchev–Trinajstić information content (AvgIpc) is 2.18. The van der Waals surface area contributed by atoms with Crippen LogP contribution in [0.3, 0.4) is 0 Å². The van der Waals surface area contributed by atoms with Gasteiger partial charge in [0, 0.05) is 5.38 Å². The first-order chi connectivity index (χ1) is 6.24. The Morgan fingerprint density at radius 1 is 1.23 bits per heavy atom. The molecule has 0 nitrogen and oxygen atoms in total. The SMILES string of the molecule is CCC(C)C(Cl)Cc1ccccc1. The molecule has 1 rings (SSSR count). The van der Waals surface area contributed by atoms with E-state index in [1.165, 1.54) is 5.56 Å². The average molecular weight is 197 g/mol. The van der Waals surface area contributed by atoms with Gasteiger partial charge in [0.15, 0.2) is 0 Å². The normalized spacial score (nSPS) is 15.3. The maximum Gasteiger partial charge on any atom is 0.0401 e. The summed E-state index contributed by atoms with van der Waals surface area (Å²) < 4.78 is 0. The Labute approximate surface area is 85.9 Å². The largest absolute Gasteiger partial charge is 0.122 e. The van der Waals surface area contributed by atoms with E-state index in [0.717, 1.165) is 12.8 Å². The van der Waals surface area contributed by atoms with Crippen molar-refractivity contribution in [1.82, 2.24) is 0 Å². The van der Waals surface area contributed by atoms with Crippen LogP contribution in [0.4, 0.5) is 0 Å². The van der Waals surface area contributed by atoms with E-state index >= 15 is 0 Å². The van der Waals surface area contributed by atoms with Crippen LogP contribution in [0.1, 0.15) is 25.8 Å². The van der Waals surface area contributed by atoms with E-state index in [1.54, 1.807) is 0 Å². The maximum atomic E-state index is 6.27. The van der Waals surface area contributed by atoms with E-state index in [4.69, 9.17) is 11.6 Å². The lowest BCUT2D eigenvalue weighted by molar-refractivity contribution is 0.525. The van der Waals surface area contributed by atoms with Crippen LogP contribution in [0.2, 0.25) is 0 Å². The quantitative estimate of drug-likeness (QED) is 0.642. The molecule has 1 heteroatoms. The van der Waals surface area contributed by atoms with Crippen molar-refractivity contribution in [3.05, 3.63) is 35.9 Å². The molecule has 0 fully saturated rings. The minimum absolute atomic E-state index is 0.271.